The Balaban J connectivity index is 2.46. The number of carbonyl (C=O) groups excluding carboxylic acids is 3. The maximum absolute atomic E-state index is 12.6. The Morgan fingerprint density at radius 1 is 1.40 bits per heavy atom. The molecule has 0 bridgehead atoms. The van der Waals surface area contributed by atoms with E-state index in [0.29, 0.717) is 0 Å². The third-order valence-electron chi connectivity index (χ3n) is 3.69. The van der Waals surface area contributed by atoms with Gasteiger partial charge in [0.15, 0.2) is 22.4 Å². The molecular weight excluding hydrogens is 389 g/mol. The fourth-order valence-corrected chi connectivity index (χ4v) is 3.06. The lowest BCUT2D eigenvalue weighted by atomic mass is 9.77. The number of methoxy groups -OCH3 is 1. The van der Waals surface area contributed by atoms with E-state index in [-0.39, 0.29) is 20.7 Å². The van der Waals surface area contributed by atoms with E-state index in [1.165, 1.54) is 18.2 Å². The van der Waals surface area contributed by atoms with Crippen molar-refractivity contribution in [2.75, 3.05) is 7.11 Å². The number of nitriles is 1. The Bertz CT molecular complexity index is 823. The molecule has 130 valence electrons. The molecule has 2 atom stereocenters. The van der Waals surface area contributed by atoms with Crippen LogP contribution in [-0.2, 0) is 14.3 Å². The molecule has 7 nitrogen and oxygen atoms in total. The first-order chi connectivity index (χ1) is 11.7. The number of rotatable bonds is 4. The van der Waals surface area contributed by atoms with Gasteiger partial charge in [-0.05, 0) is 30.4 Å². The van der Waals surface area contributed by atoms with Crippen molar-refractivity contribution in [2.24, 2.45) is 5.92 Å². The Hall–Kier alpha value is -2.21. The normalized spacial score (nSPS) is 22.4. The van der Waals surface area contributed by atoms with Gasteiger partial charge in [-0.2, -0.15) is 5.26 Å². The van der Waals surface area contributed by atoms with Gasteiger partial charge in [0, 0.05) is 12.0 Å². The van der Waals surface area contributed by atoms with Crippen LogP contribution < -0.4 is 10.6 Å². The minimum Gasteiger partial charge on any atom is -0.467 e. The van der Waals surface area contributed by atoms with Crippen LogP contribution in [0.2, 0.25) is 10.0 Å². The topological polar surface area (TPSA) is 108 Å². The van der Waals surface area contributed by atoms with Crippen LogP contribution in [0.1, 0.15) is 16.8 Å². The maximum atomic E-state index is 12.6. The first kappa shape index (κ1) is 19.1. The quantitative estimate of drug-likeness (QED) is 0.449. The number of amides is 1. The number of nitrogens with zero attached hydrogens (tertiary/aromatic N) is 1. The zero-order chi connectivity index (χ0) is 18.8. The van der Waals surface area contributed by atoms with E-state index in [0.717, 1.165) is 7.11 Å². The molecule has 0 aromatic heterocycles. The van der Waals surface area contributed by atoms with E-state index in [4.69, 9.17) is 40.2 Å². The third kappa shape index (κ3) is 3.58. The average Bonchev–Trinajstić information content (AvgIpc) is 2.55. The number of nitrogens with one attached hydrogen (secondary N) is 2. The molecule has 1 heterocycles. The lowest BCUT2D eigenvalue weighted by Gasteiger charge is -2.38. The van der Waals surface area contributed by atoms with E-state index in [1.54, 1.807) is 6.07 Å². The first-order valence-corrected chi connectivity index (χ1v) is 8.01. The summed E-state index contributed by atoms with van der Waals surface area (Å²) in [5.41, 5.74) is -1.78. The Labute approximate surface area is 158 Å². The number of benzene rings is 1. The lowest BCUT2D eigenvalue weighted by Crippen LogP contribution is -2.70. The molecule has 25 heavy (non-hydrogen) atoms. The number of esters is 1. The maximum Gasteiger partial charge on any atom is 0.334 e. The Morgan fingerprint density at radius 2 is 2.08 bits per heavy atom. The van der Waals surface area contributed by atoms with Crippen LogP contribution in [0.4, 0.5) is 0 Å². The molecule has 0 saturated carbocycles. The van der Waals surface area contributed by atoms with Gasteiger partial charge in [-0.1, -0.05) is 23.2 Å². The van der Waals surface area contributed by atoms with Gasteiger partial charge in [-0.15, -0.1) is 0 Å². The highest BCUT2D eigenvalue weighted by Crippen LogP contribution is 2.30. The highest BCUT2D eigenvalue weighted by atomic mass is 35.5. The van der Waals surface area contributed by atoms with E-state index >= 15 is 0 Å². The molecule has 1 amide bonds. The molecule has 1 aromatic rings. The predicted octanol–water partition coefficient (Wildman–Crippen LogP) is 1.62. The van der Waals surface area contributed by atoms with Gasteiger partial charge >= 0.3 is 5.97 Å². The fraction of sp³-hybridized carbons (Fsp3) is 0.267. The van der Waals surface area contributed by atoms with Crippen molar-refractivity contribution in [3.8, 4) is 6.07 Å². The summed E-state index contributed by atoms with van der Waals surface area (Å²) >= 11 is 16.6. The summed E-state index contributed by atoms with van der Waals surface area (Å²) < 4.78 is 4.71. The average molecular weight is 400 g/mol. The zero-order valence-electron chi connectivity index (χ0n) is 12.8. The third-order valence-corrected chi connectivity index (χ3v) is 4.63. The van der Waals surface area contributed by atoms with Crippen LogP contribution in [-0.4, -0.2) is 35.4 Å². The lowest BCUT2D eigenvalue weighted by molar-refractivity contribution is -0.152. The second-order valence-electron chi connectivity index (χ2n) is 5.20. The van der Waals surface area contributed by atoms with Gasteiger partial charge in [0.2, 0.25) is 5.91 Å². The van der Waals surface area contributed by atoms with Crippen LogP contribution in [0.15, 0.2) is 18.2 Å². The van der Waals surface area contributed by atoms with Crippen LogP contribution in [0, 0.1) is 17.2 Å². The number of ketones is 1. The van der Waals surface area contributed by atoms with E-state index in [9.17, 15) is 19.6 Å². The molecule has 2 rings (SSSR count). The molecule has 0 radical (unpaired) electrons. The number of halogens is 2. The fourth-order valence-electron chi connectivity index (χ4n) is 2.48. The van der Waals surface area contributed by atoms with E-state index < -0.39 is 35.5 Å². The largest absolute Gasteiger partial charge is 0.467 e. The second-order valence-corrected chi connectivity index (χ2v) is 6.42. The van der Waals surface area contributed by atoms with Gasteiger partial charge in [-0.25, -0.2) is 4.79 Å². The summed E-state index contributed by atoms with van der Waals surface area (Å²) in [4.78, 5) is 37.1. The summed E-state index contributed by atoms with van der Waals surface area (Å²) in [6, 6.07) is 5.90. The minimum absolute atomic E-state index is 0.154. The SMILES string of the molecule is COC(=O)[C@@]1(CC(=O)c2ccc(Cl)c(Cl)c2)NC(=S)NC(=O)[C@H]1C#N. The molecule has 1 saturated heterocycles. The summed E-state index contributed by atoms with van der Waals surface area (Å²) in [6.45, 7) is 0. The number of Topliss-reactive ketones (excluding diaryl/α,β-unsaturated/α-hetero) is 1. The van der Waals surface area contributed by atoms with Gasteiger partial charge in [-0.3, -0.25) is 9.59 Å². The van der Waals surface area contributed by atoms with E-state index in [2.05, 4.69) is 10.6 Å². The van der Waals surface area contributed by atoms with Gasteiger partial charge in [0.25, 0.3) is 0 Å². The van der Waals surface area contributed by atoms with Crippen molar-refractivity contribution in [1.29, 1.82) is 5.26 Å². The molecule has 1 fully saturated rings. The van der Waals surface area contributed by atoms with Gasteiger partial charge in [0.1, 0.15) is 0 Å². The summed E-state index contributed by atoms with van der Waals surface area (Å²) in [5.74, 6) is -3.81. The summed E-state index contributed by atoms with van der Waals surface area (Å²) in [7, 11) is 1.08. The number of thiocarbonyl (C=S) groups is 1. The Kier molecular flexibility index (Phi) is 5.62. The summed E-state index contributed by atoms with van der Waals surface area (Å²) in [5, 5.41) is 14.4. The standard InChI is InChI=1S/C15H11Cl2N3O4S/c1-24-13(23)15(8(6-18)12(22)19-14(25)20-15)5-11(21)7-2-3-9(16)10(17)4-7/h2-4,8H,5H2,1H3,(H2,19,20,22,25)/t8-,15+/m1/s1. The van der Waals surface area contributed by atoms with Crippen molar-refractivity contribution >= 4 is 58.2 Å². The highest BCUT2D eigenvalue weighted by molar-refractivity contribution is 7.80. The number of carbonyl (C=O) groups is 3. The monoisotopic (exact) mass is 399 g/mol. The number of hydrogen-bond acceptors (Lipinski definition) is 6. The molecule has 1 aliphatic heterocycles. The first-order valence-electron chi connectivity index (χ1n) is 6.84. The van der Waals surface area contributed by atoms with Crippen molar-refractivity contribution in [3.63, 3.8) is 0 Å². The van der Waals surface area contributed by atoms with Crippen LogP contribution in [0.25, 0.3) is 0 Å². The number of hydrogen-bond donors (Lipinski definition) is 2. The van der Waals surface area contributed by atoms with Crippen LogP contribution in [0.5, 0.6) is 0 Å². The van der Waals surface area contributed by atoms with Crippen LogP contribution >= 0.6 is 35.4 Å². The molecular formula is C15H11Cl2N3O4S. The molecule has 0 aliphatic carbocycles. The van der Waals surface area contributed by atoms with Gasteiger partial charge < -0.3 is 15.4 Å². The Morgan fingerprint density at radius 3 is 2.64 bits per heavy atom. The molecule has 0 spiro atoms. The molecule has 0 unspecified atom stereocenters. The van der Waals surface area contributed by atoms with Crippen molar-refractivity contribution in [1.82, 2.24) is 10.6 Å². The second kappa shape index (κ2) is 7.35. The number of ether oxygens (including phenoxy) is 1. The van der Waals surface area contributed by atoms with Gasteiger partial charge in [0.05, 0.1) is 23.2 Å². The molecule has 1 aromatic carbocycles. The van der Waals surface area contributed by atoms with E-state index in [1.807, 2.05) is 0 Å². The molecule has 2 N–H and O–H groups in total. The molecule has 1 aliphatic rings. The summed E-state index contributed by atoms with van der Waals surface area (Å²) in [6.07, 6.45) is -0.538. The minimum atomic E-state index is -1.94. The highest BCUT2D eigenvalue weighted by Gasteiger charge is 2.55. The molecule has 10 heteroatoms. The smallest absolute Gasteiger partial charge is 0.334 e. The zero-order valence-corrected chi connectivity index (χ0v) is 15.1. The van der Waals surface area contributed by atoms with Crippen molar-refractivity contribution in [3.05, 3.63) is 33.8 Å². The van der Waals surface area contributed by atoms with Crippen molar-refractivity contribution < 1.29 is 19.1 Å². The van der Waals surface area contributed by atoms with Crippen molar-refractivity contribution in [2.45, 2.75) is 12.0 Å². The van der Waals surface area contributed by atoms with Crippen LogP contribution in [0.3, 0.4) is 0 Å². The predicted molar refractivity (Wildman–Crippen MR) is 93.1 cm³/mol.